The van der Waals surface area contributed by atoms with Gasteiger partial charge < -0.3 is 4.42 Å². The maximum Gasteiger partial charge on any atom is 0.295 e. The summed E-state index contributed by atoms with van der Waals surface area (Å²) in [5.41, 5.74) is 0.683. The van der Waals surface area contributed by atoms with Crippen LogP contribution in [-0.4, -0.2) is 28.3 Å². The van der Waals surface area contributed by atoms with E-state index in [1.165, 1.54) is 28.8 Å². The number of nitrogens with zero attached hydrogens (tertiary/aromatic N) is 3. The first kappa shape index (κ1) is 14.4. The van der Waals surface area contributed by atoms with Crippen LogP contribution < -0.4 is 0 Å². The van der Waals surface area contributed by atoms with Crippen LogP contribution in [-0.2, 0) is 0 Å². The molecular formula is C15H10FN3O2S. The quantitative estimate of drug-likeness (QED) is 0.798. The van der Waals surface area contributed by atoms with E-state index in [9.17, 15) is 9.18 Å². The second-order valence-electron chi connectivity index (χ2n) is 4.47. The number of carbonyl (C=O) groups is 1. The fourth-order valence-electron chi connectivity index (χ4n) is 2.08. The Hall–Kier alpha value is -2.59. The number of carbonyl (C=O) groups excluding carboxylic acids is 1. The van der Waals surface area contributed by atoms with Crippen molar-refractivity contribution in [3.8, 4) is 17.5 Å². The number of hydrogen-bond donors (Lipinski definition) is 0. The summed E-state index contributed by atoms with van der Waals surface area (Å²) in [5, 5.41) is 9.01. The van der Waals surface area contributed by atoms with Crippen molar-refractivity contribution in [2.24, 2.45) is 4.99 Å². The largest absolute Gasteiger partial charge is 0.451 e. The average molecular weight is 315 g/mol. The number of nitriles is 1. The van der Waals surface area contributed by atoms with Crippen LogP contribution in [0.4, 0.5) is 4.39 Å². The maximum absolute atomic E-state index is 12.9. The van der Waals surface area contributed by atoms with Crippen LogP contribution in [0.1, 0.15) is 10.6 Å². The van der Waals surface area contributed by atoms with Crippen LogP contribution in [0.5, 0.6) is 0 Å². The maximum atomic E-state index is 12.9. The van der Waals surface area contributed by atoms with Gasteiger partial charge in [-0.05, 0) is 36.4 Å². The second-order valence-corrected chi connectivity index (χ2v) is 5.53. The van der Waals surface area contributed by atoms with E-state index in [0.717, 1.165) is 0 Å². The van der Waals surface area contributed by atoms with Gasteiger partial charge >= 0.3 is 0 Å². The lowest BCUT2D eigenvalue weighted by molar-refractivity contribution is 0.0830. The molecule has 0 unspecified atom stereocenters. The van der Waals surface area contributed by atoms with Gasteiger partial charge in [-0.25, -0.2) is 4.39 Å². The lowest BCUT2D eigenvalue weighted by Gasteiger charge is -2.12. The van der Waals surface area contributed by atoms with Crippen LogP contribution in [0.3, 0.4) is 0 Å². The molecule has 22 heavy (non-hydrogen) atoms. The molecule has 0 spiro atoms. The SMILES string of the molecule is N#CN=C1SCCN1C(=O)c1ccc(-c2ccc(F)cc2)o1. The van der Waals surface area contributed by atoms with Crippen molar-refractivity contribution in [3.05, 3.63) is 48.0 Å². The summed E-state index contributed by atoms with van der Waals surface area (Å²) in [5.74, 6) is 0.657. The van der Waals surface area contributed by atoms with Crippen molar-refractivity contribution >= 4 is 22.8 Å². The van der Waals surface area contributed by atoms with Crippen LogP contribution in [0, 0.1) is 17.3 Å². The van der Waals surface area contributed by atoms with Crippen LogP contribution in [0.25, 0.3) is 11.3 Å². The highest BCUT2D eigenvalue weighted by Crippen LogP contribution is 2.25. The molecule has 0 radical (unpaired) electrons. The Labute approximate surface area is 130 Å². The fraction of sp³-hybridized carbons (Fsp3) is 0.133. The fourth-order valence-corrected chi connectivity index (χ4v) is 2.97. The Morgan fingerprint density at radius 3 is 2.82 bits per heavy atom. The predicted octanol–water partition coefficient (Wildman–Crippen LogP) is 3.11. The van der Waals surface area contributed by atoms with Crippen molar-refractivity contribution in [2.45, 2.75) is 0 Å². The van der Waals surface area contributed by atoms with E-state index in [0.29, 0.717) is 28.8 Å². The molecule has 1 aliphatic rings. The minimum Gasteiger partial charge on any atom is -0.451 e. The molecule has 2 heterocycles. The van der Waals surface area contributed by atoms with Gasteiger partial charge in [-0.2, -0.15) is 5.26 Å². The van der Waals surface area contributed by atoms with Gasteiger partial charge in [0.15, 0.2) is 10.9 Å². The van der Waals surface area contributed by atoms with Gasteiger partial charge in [0, 0.05) is 17.9 Å². The van der Waals surface area contributed by atoms with E-state index in [-0.39, 0.29) is 17.5 Å². The van der Waals surface area contributed by atoms with Crippen molar-refractivity contribution in [3.63, 3.8) is 0 Å². The Morgan fingerprint density at radius 2 is 2.09 bits per heavy atom. The minimum absolute atomic E-state index is 0.160. The molecule has 0 aliphatic carbocycles. The Kier molecular flexibility index (Phi) is 3.94. The van der Waals surface area contributed by atoms with E-state index in [4.69, 9.17) is 9.68 Å². The number of benzene rings is 1. The molecule has 1 saturated heterocycles. The first-order valence-electron chi connectivity index (χ1n) is 6.46. The molecule has 2 aromatic rings. The Balaban J connectivity index is 1.84. The molecule has 1 aliphatic heterocycles. The van der Waals surface area contributed by atoms with Gasteiger partial charge in [-0.15, -0.1) is 4.99 Å². The van der Waals surface area contributed by atoms with Gasteiger partial charge in [0.25, 0.3) is 5.91 Å². The topological polar surface area (TPSA) is 69.6 Å². The molecule has 1 aromatic heterocycles. The Morgan fingerprint density at radius 1 is 1.32 bits per heavy atom. The monoisotopic (exact) mass is 315 g/mol. The zero-order valence-corrected chi connectivity index (χ0v) is 12.1. The average Bonchev–Trinajstić information content (AvgIpc) is 3.17. The molecule has 0 N–H and O–H groups in total. The third kappa shape index (κ3) is 2.73. The summed E-state index contributed by atoms with van der Waals surface area (Å²) >= 11 is 1.35. The van der Waals surface area contributed by atoms with Crippen molar-refractivity contribution in [1.29, 1.82) is 5.26 Å². The number of halogens is 1. The summed E-state index contributed by atoms with van der Waals surface area (Å²) < 4.78 is 18.5. The molecule has 5 nitrogen and oxygen atoms in total. The first-order chi connectivity index (χ1) is 10.7. The minimum atomic E-state index is -0.340. The number of amides is 1. The summed E-state index contributed by atoms with van der Waals surface area (Å²) in [7, 11) is 0. The van der Waals surface area contributed by atoms with Crippen molar-refractivity contribution in [1.82, 2.24) is 4.90 Å². The van der Waals surface area contributed by atoms with Crippen molar-refractivity contribution < 1.29 is 13.6 Å². The number of amidine groups is 1. The molecular weight excluding hydrogens is 305 g/mol. The van der Waals surface area contributed by atoms with Crippen LogP contribution in [0.2, 0.25) is 0 Å². The standard InChI is InChI=1S/C15H10FN3O2S/c16-11-3-1-10(2-4-11)12-5-6-13(21-12)14(20)19-7-8-22-15(19)18-9-17/h1-6H,7-8H2. The summed E-state index contributed by atoms with van der Waals surface area (Å²) in [4.78, 5) is 17.5. The summed E-state index contributed by atoms with van der Waals surface area (Å²) in [6.07, 6.45) is 1.69. The molecule has 110 valence electrons. The van der Waals surface area contributed by atoms with Gasteiger partial charge in [-0.3, -0.25) is 9.69 Å². The highest BCUT2D eigenvalue weighted by atomic mass is 32.2. The highest BCUT2D eigenvalue weighted by molar-refractivity contribution is 8.14. The molecule has 0 bridgehead atoms. The van der Waals surface area contributed by atoms with E-state index in [1.54, 1.807) is 30.5 Å². The molecule has 7 heteroatoms. The highest BCUT2D eigenvalue weighted by Gasteiger charge is 2.28. The zero-order chi connectivity index (χ0) is 15.5. The molecule has 1 fully saturated rings. The molecule has 0 saturated carbocycles. The van der Waals surface area contributed by atoms with Crippen LogP contribution >= 0.6 is 11.8 Å². The normalized spacial score (nSPS) is 16.0. The van der Waals surface area contributed by atoms with Crippen LogP contribution in [0.15, 0.2) is 45.8 Å². The smallest absolute Gasteiger partial charge is 0.295 e. The summed E-state index contributed by atoms with van der Waals surface area (Å²) in [6, 6.07) is 9.04. The van der Waals surface area contributed by atoms with E-state index < -0.39 is 0 Å². The number of thioether (sulfide) groups is 1. The number of hydrogen-bond acceptors (Lipinski definition) is 5. The Bertz CT molecular complexity index is 777. The van der Waals surface area contributed by atoms with E-state index >= 15 is 0 Å². The number of aliphatic imine (C=N–C) groups is 1. The van der Waals surface area contributed by atoms with Gasteiger partial charge in [0.2, 0.25) is 6.19 Å². The lowest BCUT2D eigenvalue weighted by Crippen LogP contribution is -2.31. The third-order valence-electron chi connectivity index (χ3n) is 3.11. The first-order valence-corrected chi connectivity index (χ1v) is 7.45. The van der Waals surface area contributed by atoms with E-state index in [2.05, 4.69) is 4.99 Å². The third-order valence-corrected chi connectivity index (χ3v) is 4.07. The summed E-state index contributed by atoms with van der Waals surface area (Å²) in [6.45, 7) is 0.483. The van der Waals surface area contributed by atoms with Gasteiger partial charge in [0.1, 0.15) is 11.6 Å². The lowest BCUT2D eigenvalue weighted by atomic mass is 10.2. The molecule has 0 atom stereocenters. The number of furan rings is 1. The second kappa shape index (κ2) is 6.03. The molecule has 1 aromatic carbocycles. The van der Waals surface area contributed by atoms with Gasteiger partial charge in [0.05, 0.1) is 0 Å². The predicted molar refractivity (Wildman–Crippen MR) is 80.6 cm³/mol. The zero-order valence-electron chi connectivity index (χ0n) is 11.3. The van der Waals surface area contributed by atoms with Crippen molar-refractivity contribution in [2.75, 3.05) is 12.3 Å². The van der Waals surface area contributed by atoms with E-state index in [1.807, 2.05) is 0 Å². The molecule has 3 rings (SSSR count). The number of rotatable bonds is 2. The van der Waals surface area contributed by atoms with Gasteiger partial charge in [-0.1, -0.05) is 11.8 Å². The molecule has 1 amide bonds.